The van der Waals surface area contributed by atoms with Crippen molar-refractivity contribution in [3.8, 4) is 0 Å². The van der Waals surface area contributed by atoms with Crippen LogP contribution in [0, 0.1) is 11.3 Å². The molecule has 1 N–H and O–H groups in total. The standard InChI is InChI=1S/C29H32N4O3/c34-26(17-20-15-21-5-1-2-6-22(21)16-20)32-12-9-29(10-13-32)11-14-33(19-29)27(35)18-25-23-7-3-4-8-24(23)28(36)31-30-25/h1-8,20H,9-19H2,(H,31,36). The summed E-state index contributed by atoms with van der Waals surface area (Å²) in [4.78, 5) is 42.3. The Balaban J connectivity index is 1.03. The fourth-order valence-electron chi connectivity index (χ4n) is 6.52. The van der Waals surface area contributed by atoms with Crippen LogP contribution >= 0.6 is 0 Å². The summed E-state index contributed by atoms with van der Waals surface area (Å²) in [5.41, 5.74) is 3.28. The van der Waals surface area contributed by atoms with Gasteiger partial charge in [-0.3, -0.25) is 14.4 Å². The summed E-state index contributed by atoms with van der Waals surface area (Å²) in [5, 5.41) is 8.00. The number of rotatable bonds is 4. The summed E-state index contributed by atoms with van der Waals surface area (Å²) in [6.07, 6.45) is 5.72. The first-order valence-corrected chi connectivity index (χ1v) is 13.1. The number of benzene rings is 2. The number of carbonyl (C=O) groups is 2. The zero-order chi connectivity index (χ0) is 24.7. The summed E-state index contributed by atoms with van der Waals surface area (Å²) in [7, 11) is 0. The fraction of sp³-hybridized carbons (Fsp3) is 0.448. The van der Waals surface area contributed by atoms with Gasteiger partial charge in [-0.25, -0.2) is 5.10 Å². The first kappa shape index (κ1) is 23.0. The summed E-state index contributed by atoms with van der Waals surface area (Å²) in [6.45, 7) is 3.06. The number of aromatic amines is 1. The molecule has 0 bridgehead atoms. The highest BCUT2D eigenvalue weighted by atomic mass is 16.2. The van der Waals surface area contributed by atoms with Crippen LogP contribution in [0.3, 0.4) is 0 Å². The molecule has 36 heavy (non-hydrogen) atoms. The number of amides is 2. The van der Waals surface area contributed by atoms with Crippen molar-refractivity contribution in [3.05, 3.63) is 75.7 Å². The second kappa shape index (κ2) is 9.19. The van der Waals surface area contributed by atoms with E-state index < -0.39 is 0 Å². The Morgan fingerprint density at radius 3 is 2.17 bits per heavy atom. The number of hydrogen-bond acceptors (Lipinski definition) is 4. The molecule has 1 aliphatic carbocycles. The van der Waals surface area contributed by atoms with Crippen LogP contribution in [0.25, 0.3) is 10.8 Å². The number of nitrogens with zero attached hydrogens (tertiary/aromatic N) is 3. The van der Waals surface area contributed by atoms with Crippen molar-refractivity contribution in [1.82, 2.24) is 20.0 Å². The third kappa shape index (κ3) is 4.31. The summed E-state index contributed by atoms with van der Waals surface area (Å²) >= 11 is 0. The predicted octanol–water partition coefficient (Wildman–Crippen LogP) is 3.11. The average Bonchev–Trinajstić information content (AvgIpc) is 3.50. The molecule has 3 aromatic rings. The van der Waals surface area contributed by atoms with Gasteiger partial charge < -0.3 is 9.80 Å². The predicted molar refractivity (Wildman–Crippen MR) is 137 cm³/mol. The summed E-state index contributed by atoms with van der Waals surface area (Å²) < 4.78 is 0. The molecule has 2 amide bonds. The van der Waals surface area contributed by atoms with Crippen LogP contribution in [-0.4, -0.2) is 58.0 Å². The molecular formula is C29H32N4O3. The van der Waals surface area contributed by atoms with Gasteiger partial charge in [-0.15, -0.1) is 0 Å². The van der Waals surface area contributed by atoms with Gasteiger partial charge in [0.1, 0.15) is 0 Å². The largest absolute Gasteiger partial charge is 0.343 e. The van der Waals surface area contributed by atoms with Crippen LogP contribution in [0.5, 0.6) is 0 Å². The molecule has 0 unspecified atom stereocenters. The molecular weight excluding hydrogens is 452 g/mol. The minimum absolute atomic E-state index is 0.0517. The van der Waals surface area contributed by atoms with Crippen molar-refractivity contribution in [2.45, 2.75) is 44.9 Å². The van der Waals surface area contributed by atoms with E-state index in [1.54, 1.807) is 6.07 Å². The number of carbonyl (C=O) groups excluding carboxylic acids is 2. The smallest absolute Gasteiger partial charge is 0.272 e. The molecule has 3 heterocycles. The van der Waals surface area contributed by atoms with Crippen LogP contribution in [0.15, 0.2) is 53.3 Å². The van der Waals surface area contributed by atoms with Crippen molar-refractivity contribution in [2.24, 2.45) is 11.3 Å². The lowest BCUT2D eigenvalue weighted by Crippen LogP contribution is -2.45. The molecule has 186 valence electrons. The van der Waals surface area contributed by atoms with Crippen LogP contribution in [0.1, 0.15) is 42.5 Å². The number of H-pyrrole nitrogens is 1. The Labute approximate surface area is 210 Å². The molecule has 0 atom stereocenters. The lowest BCUT2D eigenvalue weighted by Gasteiger charge is -2.39. The lowest BCUT2D eigenvalue weighted by molar-refractivity contribution is -0.135. The van der Waals surface area contributed by atoms with Crippen molar-refractivity contribution >= 4 is 22.6 Å². The van der Waals surface area contributed by atoms with Gasteiger partial charge in [-0.05, 0) is 60.6 Å². The third-order valence-electron chi connectivity index (χ3n) is 8.66. The van der Waals surface area contributed by atoms with E-state index in [-0.39, 0.29) is 29.2 Å². The van der Waals surface area contributed by atoms with E-state index in [9.17, 15) is 14.4 Å². The molecule has 7 heteroatoms. The van der Waals surface area contributed by atoms with Crippen molar-refractivity contribution < 1.29 is 9.59 Å². The molecule has 1 aromatic heterocycles. The van der Waals surface area contributed by atoms with Crippen LogP contribution in [0.4, 0.5) is 0 Å². The van der Waals surface area contributed by atoms with Gasteiger partial charge in [0, 0.05) is 38.0 Å². The van der Waals surface area contributed by atoms with Crippen LogP contribution in [0.2, 0.25) is 0 Å². The molecule has 0 saturated carbocycles. The van der Waals surface area contributed by atoms with E-state index in [1.165, 1.54) is 11.1 Å². The molecule has 3 aliphatic rings. The molecule has 6 rings (SSSR count). The molecule has 2 aliphatic heterocycles. The maximum Gasteiger partial charge on any atom is 0.272 e. The number of hydrogen-bond donors (Lipinski definition) is 1. The summed E-state index contributed by atoms with van der Waals surface area (Å²) in [5.74, 6) is 0.753. The number of aromatic nitrogens is 2. The third-order valence-corrected chi connectivity index (χ3v) is 8.66. The molecule has 1 spiro atoms. The molecule has 2 saturated heterocycles. The second-order valence-corrected chi connectivity index (χ2v) is 10.9. The van der Waals surface area contributed by atoms with Gasteiger partial charge in [0.2, 0.25) is 11.8 Å². The van der Waals surface area contributed by atoms with Gasteiger partial charge in [-0.2, -0.15) is 5.10 Å². The Hall–Kier alpha value is -3.48. The van der Waals surface area contributed by atoms with E-state index in [4.69, 9.17) is 0 Å². The van der Waals surface area contributed by atoms with Gasteiger partial charge >= 0.3 is 0 Å². The molecule has 2 fully saturated rings. The Kier molecular flexibility index (Phi) is 5.86. The Morgan fingerprint density at radius 2 is 1.47 bits per heavy atom. The number of nitrogens with one attached hydrogen (secondary N) is 1. The number of fused-ring (bicyclic) bond motifs is 2. The highest BCUT2D eigenvalue weighted by Gasteiger charge is 2.43. The zero-order valence-electron chi connectivity index (χ0n) is 20.5. The van der Waals surface area contributed by atoms with Gasteiger partial charge in [0.25, 0.3) is 5.56 Å². The van der Waals surface area contributed by atoms with E-state index in [0.717, 1.165) is 63.7 Å². The molecule has 0 radical (unpaired) electrons. The number of likely N-dealkylation sites (tertiary alicyclic amines) is 2. The minimum Gasteiger partial charge on any atom is -0.343 e. The normalized spacial score (nSPS) is 19.2. The van der Waals surface area contributed by atoms with E-state index in [1.807, 2.05) is 23.1 Å². The van der Waals surface area contributed by atoms with Gasteiger partial charge in [-0.1, -0.05) is 42.5 Å². The lowest BCUT2D eigenvalue weighted by atomic mass is 9.77. The van der Waals surface area contributed by atoms with Crippen LogP contribution in [-0.2, 0) is 28.9 Å². The van der Waals surface area contributed by atoms with Crippen molar-refractivity contribution in [3.63, 3.8) is 0 Å². The maximum atomic E-state index is 13.2. The van der Waals surface area contributed by atoms with E-state index in [2.05, 4.69) is 39.4 Å². The fourth-order valence-corrected chi connectivity index (χ4v) is 6.52. The van der Waals surface area contributed by atoms with Crippen molar-refractivity contribution in [2.75, 3.05) is 26.2 Å². The topological polar surface area (TPSA) is 86.4 Å². The van der Waals surface area contributed by atoms with Gasteiger partial charge in [0.15, 0.2) is 0 Å². The van der Waals surface area contributed by atoms with E-state index >= 15 is 0 Å². The van der Waals surface area contributed by atoms with Crippen LogP contribution < -0.4 is 5.56 Å². The Bertz CT molecular complexity index is 1350. The highest BCUT2D eigenvalue weighted by Crippen LogP contribution is 2.41. The van der Waals surface area contributed by atoms with Crippen molar-refractivity contribution in [1.29, 1.82) is 0 Å². The quantitative estimate of drug-likeness (QED) is 0.617. The summed E-state index contributed by atoms with van der Waals surface area (Å²) in [6, 6.07) is 15.8. The molecule has 2 aromatic carbocycles. The van der Waals surface area contributed by atoms with Gasteiger partial charge in [0.05, 0.1) is 17.5 Å². The first-order valence-electron chi connectivity index (χ1n) is 13.1. The Morgan fingerprint density at radius 1 is 0.861 bits per heavy atom. The SMILES string of the molecule is O=C(CC1Cc2ccccc2C1)N1CCC2(CC1)CCN(C(=O)Cc1n[nH]c(=O)c3ccccc13)C2. The molecule has 7 nitrogen and oxygen atoms in total. The average molecular weight is 485 g/mol. The van der Waals surface area contributed by atoms with E-state index in [0.29, 0.717) is 23.4 Å². The zero-order valence-corrected chi connectivity index (χ0v) is 20.5. The maximum absolute atomic E-state index is 13.2. The monoisotopic (exact) mass is 484 g/mol. The minimum atomic E-state index is -0.235. The number of piperidine rings is 1. The second-order valence-electron chi connectivity index (χ2n) is 10.9. The highest BCUT2D eigenvalue weighted by molar-refractivity contribution is 5.88. The first-order chi connectivity index (χ1) is 17.5.